The Morgan fingerprint density at radius 3 is 2.62 bits per heavy atom. The molecule has 0 atom stereocenters. The van der Waals surface area contributed by atoms with Crippen LogP contribution in [0.15, 0.2) is 30.5 Å². The van der Waals surface area contributed by atoms with Crippen molar-refractivity contribution in [2.45, 2.75) is 12.7 Å². The summed E-state index contributed by atoms with van der Waals surface area (Å²) in [6.07, 6.45) is -3.24. The van der Waals surface area contributed by atoms with Gasteiger partial charge in [0, 0.05) is 17.3 Å². The van der Waals surface area contributed by atoms with Crippen molar-refractivity contribution >= 4 is 5.84 Å². The van der Waals surface area contributed by atoms with Crippen LogP contribution in [0, 0.1) is 5.41 Å². The van der Waals surface area contributed by atoms with Gasteiger partial charge in [-0.3, -0.25) is 10.1 Å². The van der Waals surface area contributed by atoms with Crippen molar-refractivity contribution in [2.24, 2.45) is 5.73 Å². The number of hydrogen-bond donors (Lipinski definition) is 2. The Morgan fingerprint density at radius 2 is 2.10 bits per heavy atom. The van der Waals surface area contributed by atoms with Crippen LogP contribution < -0.4 is 10.5 Å². The second-order valence-electron chi connectivity index (χ2n) is 4.34. The van der Waals surface area contributed by atoms with E-state index in [0.717, 1.165) is 10.7 Å². The summed E-state index contributed by atoms with van der Waals surface area (Å²) in [5, 5.41) is 10.9. The predicted octanol–water partition coefficient (Wildman–Crippen LogP) is 2.24. The van der Waals surface area contributed by atoms with E-state index in [9.17, 15) is 13.2 Å². The lowest BCUT2D eigenvalue weighted by atomic mass is 10.1. The molecule has 0 saturated carbocycles. The van der Waals surface area contributed by atoms with E-state index in [0.29, 0.717) is 16.9 Å². The van der Waals surface area contributed by atoms with Crippen LogP contribution in [-0.4, -0.2) is 22.7 Å². The van der Waals surface area contributed by atoms with Crippen LogP contribution in [0.25, 0.3) is 0 Å². The summed E-state index contributed by atoms with van der Waals surface area (Å²) < 4.78 is 43.8. The van der Waals surface area contributed by atoms with E-state index >= 15 is 0 Å². The van der Waals surface area contributed by atoms with Crippen LogP contribution in [0.1, 0.15) is 16.8 Å². The molecule has 0 aliphatic rings. The molecule has 2 aromatic rings. The summed E-state index contributed by atoms with van der Waals surface area (Å²) in [4.78, 5) is 0. The number of benzene rings is 1. The van der Waals surface area contributed by atoms with Gasteiger partial charge in [-0.15, -0.1) is 0 Å². The van der Waals surface area contributed by atoms with Gasteiger partial charge < -0.3 is 10.5 Å². The topological polar surface area (TPSA) is 76.9 Å². The van der Waals surface area contributed by atoms with Gasteiger partial charge in [0.1, 0.15) is 11.6 Å². The number of aromatic nitrogens is 2. The second kappa shape index (κ2) is 5.47. The van der Waals surface area contributed by atoms with Gasteiger partial charge in [0.25, 0.3) is 0 Å². The van der Waals surface area contributed by atoms with Crippen LogP contribution in [0.3, 0.4) is 0 Å². The highest BCUT2D eigenvalue weighted by Gasteiger charge is 2.33. The fraction of sp³-hybridized carbons (Fsp3) is 0.231. The minimum Gasteiger partial charge on any atom is -0.496 e. The first-order valence-electron chi connectivity index (χ1n) is 5.93. The van der Waals surface area contributed by atoms with Gasteiger partial charge in [-0.05, 0) is 24.3 Å². The SMILES string of the molecule is COc1ccc(C(=N)N)cc1Cn1ccc(C(F)(F)F)n1. The lowest BCUT2D eigenvalue weighted by Gasteiger charge is -2.10. The molecule has 0 aliphatic carbocycles. The number of amidine groups is 1. The van der Waals surface area contributed by atoms with Crippen LogP contribution in [-0.2, 0) is 12.7 Å². The van der Waals surface area contributed by atoms with Crippen molar-refractivity contribution in [3.63, 3.8) is 0 Å². The zero-order chi connectivity index (χ0) is 15.6. The molecular weight excluding hydrogens is 285 g/mol. The largest absolute Gasteiger partial charge is 0.496 e. The van der Waals surface area contributed by atoms with Gasteiger partial charge in [-0.1, -0.05) is 0 Å². The normalized spacial score (nSPS) is 11.4. The molecule has 1 aromatic carbocycles. The van der Waals surface area contributed by atoms with Crippen molar-refractivity contribution in [3.8, 4) is 5.75 Å². The molecule has 2 rings (SSSR count). The number of nitrogens with two attached hydrogens (primary N) is 1. The third-order valence-corrected chi connectivity index (χ3v) is 2.85. The number of nitrogens with zero attached hydrogens (tertiary/aromatic N) is 2. The molecular formula is C13H13F3N4O. The number of rotatable bonds is 4. The predicted molar refractivity (Wildman–Crippen MR) is 70.3 cm³/mol. The highest BCUT2D eigenvalue weighted by atomic mass is 19.4. The van der Waals surface area contributed by atoms with Crippen molar-refractivity contribution in [3.05, 3.63) is 47.3 Å². The third-order valence-electron chi connectivity index (χ3n) is 2.85. The van der Waals surface area contributed by atoms with Crippen molar-refractivity contribution in [1.82, 2.24) is 9.78 Å². The summed E-state index contributed by atoms with van der Waals surface area (Å²) in [5.74, 6) is 0.361. The first-order valence-corrected chi connectivity index (χ1v) is 5.93. The Hall–Kier alpha value is -2.51. The van der Waals surface area contributed by atoms with Crippen LogP contribution in [0.4, 0.5) is 13.2 Å². The number of nitrogen functional groups attached to an aromatic ring is 1. The van der Waals surface area contributed by atoms with E-state index in [1.807, 2.05) is 0 Å². The molecule has 0 amide bonds. The zero-order valence-electron chi connectivity index (χ0n) is 11.1. The lowest BCUT2D eigenvalue weighted by Crippen LogP contribution is -2.13. The number of hydrogen-bond acceptors (Lipinski definition) is 3. The molecule has 0 aliphatic heterocycles. The van der Waals surface area contributed by atoms with Crippen LogP contribution in [0.2, 0.25) is 0 Å². The van der Waals surface area contributed by atoms with Gasteiger partial charge in [0.2, 0.25) is 0 Å². The first kappa shape index (κ1) is 14.9. The van der Waals surface area contributed by atoms with Gasteiger partial charge >= 0.3 is 6.18 Å². The summed E-state index contributed by atoms with van der Waals surface area (Å²) >= 11 is 0. The minimum atomic E-state index is -4.48. The molecule has 0 fully saturated rings. The van der Waals surface area contributed by atoms with Crippen molar-refractivity contribution in [2.75, 3.05) is 7.11 Å². The Labute approximate surface area is 118 Å². The number of nitrogens with one attached hydrogen (secondary N) is 1. The standard InChI is InChI=1S/C13H13F3N4O/c1-21-10-3-2-8(12(17)18)6-9(10)7-20-5-4-11(19-20)13(14,15)16/h2-6H,7H2,1H3,(H3,17,18). The molecule has 8 heteroatoms. The number of halogens is 3. The maximum absolute atomic E-state index is 12.5. The van der Waals surface area contributed by atoms with Gasteiger partial charge in [-0.25, -0.2) is 0 Å². The van der Waals surface area contributed by atoms with E-state index in [2.05, 4.69) is 5.10 Å². The Kier molecular flexibility index (Phi) is 3.88. The zero-order valence-corrected chi connectivity index (χ0v) is 11.1. The third kappa shape index (κ3) is 3.33. The molecule has 3 N–H and O–H groups in total. The van der Waals surface area contributed by atoms with Gasteiger partial charge in [-0.2, -0.15) is 18.3 Å². The monoisotopic (exact) mass is 298 g/mol. The second-order valence-corrected chi connectivity index (χ2v) is 4.34. The Morgan fingerprint density at radius 1 is 1.38 bits per heavy atom. The van der Waals surface area contributed by atoms with Crippen LogP contribution in [0.5, 0.6) is 5.75 Å². The average Bonchev–Trinajstić information content (AvgIpc) is 2.87. The maximum Gasteiger partial charge on any atom is 0.435 e. The molecule has 1 aromatic heterocycles. The van der Waals surface area contributed by atoms with Crippen molar-refractivity contribution in [1.29, 1.82) is 5.41 Å². The van der Waals surface area contributed by atoms with E-state index in [4.69, 9.17) is 15.9 Å². The summed E-state index contributed by atoms with van der Waals surface area (Å²) in [6, 6.07) is 5.71. The number of alkyl halides is 3. The number of ether oxygens (including phenoxy) is 1. The van der Waals surface area contributed by atoms with E-state index in [1.54, 1.807) is 18.2 Å². The first-order chi connectivity index (χ1) is 9.81. The highest BCUT2D eigenvalue weighted by molar-refractivity contribution is 5.95. The Balaban J connectivity index is 2.32. The van der Waals surface area contributed by atoms with Gasteiger partial charge in [0.15, 0.2) is 5.69 Å². The molecule has 21 heavy (non-hydrogen) atoms. The average molecular weight is 298 g/mol. The fourth-order valence-electron chi connectivity index (χ4n) is 1.85. The summed E-state index contributed by atoms with van der Waals surface area (Å²) in [5.41, 5.74) is 5.50. The molecule has 5 nitrogen and oxygen atoms in total. The molecule has 0 radical (unpaired) electrons. The maximum atomic E-state index is 12.5. The van der Waals surface area contributed by atoms with Gasteiger partial charge in [0.05, 0.1) is 13.7 Å². The van der Waals surface area contributed by atoms with Crippen LogP contribution >= 0.6 is 0 Å². The molecule has 0 unspecified atom stereocenters. The molecule has 0 bridgehead atoms. The van der Waals surface area contributed by atoms with Crippen molar-refractivity contribution < 1.29 is 17.9 Å². The Bertz CT molecular complexity index is 664. The summed E-state index contributed by atoms with van der Waals surface area (Å²) in [7, 11) is 1.45. The lowest BCUT2D eigenvalue weighted by molar-refractivity contribution is -0.141. The molecule has 0 spiro atoms. The molecule has 1 heterocycles. The quantitative estimate of drug-likeness (QED) is 0.671. The van der Waals surface area contributed by atoms with E-state index < -0.39 is 11.9 Å². The minimum absolute atomic E-state index is 0.0837. The number of methoxy groups -OCH3 is 1. The van der Waals surface area contributed by atoms with E-state index in [1.165, 1.54) is 13.3 Å². The fourth-order valence-corrected chi connectivity index (χ4v) is 1.85. The molecule has 112 valence electrons. The highest BCUT2D eigenvalue weighted by Crippen LogP contribution is 2.28. The smallest absolute Gasteiger partial charge is 0.435 e. The van der Waals surface area contributed by atoms with E-state index in [-0.39, 0.29) is 12.4 Å². The summed E-state index contributed by atoms with van der Waals surface area (Å²) in [6.45, 7) is 0.0837. The molecule has 0 saturated heterocycles.